The van der Waals surface area contributed by atoms with Gasteiger partial charge in [-0.2, -0.15) is 5.26 Å². The van der Waals surface area contributed by atoms with Crippen LogP contribution in [0.3, 0.4) is 0 Å². The Hall–Kier alpha value is -1.37. The van der Waals surface area contributed by atoms with Gasteiger partial charge in [0.2, 0.25) is 0 Å². The second-order valence-electron chi connectivity index (χ2n) is 4.63. The third kappa shape index (κ3) is 3.29. The zero-order valence-corrected chi connectivity index (χ0v) is 10.2. The maximum Gasteiger partial charge on any atom is 0.0991 e. The van der Waals surface area contributed by atoms with Crippen LogP contribution >= 0.6 is 0 Å². The minimum Gasteiger partial charge on any atom is -0.376 e. The van der Waals surface area contributed by atoms with Gasteiger partial charge in [-0.25, -0.2) is 0 Å². The average molecular weight is 230 g/mol. The van der Waals surface area contributed by atoms with E-state index < -0.39 is 0 Å². The number of nitriles is 1. The van der Waals surface area contributed by atoms with Crippen molar-refractivity contribution in [2.45, 2.75) is 20.0 Å². The standard InChI is InChI=1S/C14H18N2O/c1-11-6-12(7-15)2-3-14(11)10-17-9-13-4-5-16-8-13/h2-3,6,13,16H,4-5,8-10H2,1H3. The summed E-state index contributed by atoms with van der Waals surface area (Å²) < 4.78 is 5.74. The van der Waals surface area contributed by atoms with Crippen molar-refractivity contribution in [2.75, 3.05) is 19.7 Å². The molecule has 0 saturated carbocycles. The van der Waals surface area contributed by atoms with E-state index in [1.54, 1.807) is 0 Å². The molecule has 0 bridgehead atoms. The van der Waals surface area contributed by atoms with Gasteiger partial charge in [0.1, 0.15) is 0 Å². The number of aryl methyl sites for hydroxylation is 1. The van der Waals surface area contributed by atoms with E-state index in [4.69, 9.17) is 10.00 Å². The Morgan fingerprint density at radius 1 is 1.53 bits per heavy atom. The number of rotatable bonds is 4. The van der Waals surface area contributed by atoms with Crippen LogP contribution in [0.25, 0.3) is 0 Å². The second-order valence-corrected chi connectivity index (χ2v) is 4.63. The van der Waals surface area contributed by atoms with Crippen molar-refractivity contribution in [1.29, 1.82) is 5.26 Å². The molecule has 3 nitrogen and oxygen atoms in total. The molecule has 1 fully saturated rings. The lowest BCUT2D eigenvalue weighted by molar-refractivity contribution is 0.0921. The monoisotopic (exact) mass is 230 g/mol. The molecule has 0 aromatic heterocycles. The normalized spacial score (nSPS) is 19.2. The number of nitrogens with zero attached hydrogens (tertiary/aromatic N) is 1. The van der Waals surface area contributed by atoms with Crippen LogP contribution in [-0.2, 0) is 11.3 Å². The van der Waals surface area contributed by atoms with Crippen LogP contribution in [0.15, 0.2) is 18.2 Å². The minimum absolute atomic E-state index is 0.647. The Morgan fingerprint density at radius 2 is 2.41 bits per heavy atom. The van der Waals surface area contributed by atoms with Gasteiger partial charge >= 0.3 is 0 Å². The Balaban J connectivity index is 1.84. The molecule has 1 unspecified atom stereocenters. The van der Waals surface area contributed by atoms with E-state index in [2.05, 4.69) is 11.4 Å². The van der Waals surface area contributed by atoms with E-state index in [0.717, 1.165) is 25.3 Å². The third-order valence-electron chi connectivity index (χ3n) is 3.25. The summed E-state index contributed by atoms with van der Waals surface area (Å²) in [5.41, 5.74) is 3.02. The maximum absolute atomic E-state index is 8.78. The first-order chi connectivity index (χ1) is 8.29. The van der Waals surface area contributed by atoms with Crippen molar-refractivity contribution in [2.24, 2.45) is 5.92 Å². The fourth-order valence-corrected chi connectivity index (χ4v) is 2.12. The Bertz CT molecular complexity index is 417. The van der Waals surface area contributed by atoms with Crippen LogP contribution in [0.2, 0.25) is 0 Å². The van der Waals surface area contributed by atoms with E-state index in [-0.39, 0.29) is 0 Å². The molecule has 1 aliphatic rings. The summed E-state index contributed by atoms with van der Waals surface area (Å²) in [7, 11) is 0. The molecule has 0 amide bonds. The largest absolute Gasteiger partial charge is 0.376 e. The Morgan fingerprint density at radius 3 is 3.06 bits per heavy atom. The van der Waals surface area contributed by atoms with Crippen LogP contribution in [0.5, 0.6) is 0 Å². The van der Waals surface area contributed by atoms with Gasteiger partial charge in [-0.15, -0.1) is 0 Å². The quantitative estimate of drug-likeness (QED) is 0.860. The average Bonchev–Trinajstić information content (AvgIpc) is 2.84. The summed E-state index contributed by atoms with van der Waals surface area (Å²) in [6.45, 7) is 5.69. The molecule has 1 atom stereocenters. The highest BCUT2D eigenvalue weighted by molar-refractivity contribution is 5.37. The van der Waals surface area contributed by atoms with E-state index in [0.29, 0.717) is 18.1 Å². The van der Waals surface area contributed by atoms with E-state index >= 15 is 0 Å². The highest BCUT2D eigenvalue weighted by Gasteiger charge is 2.14. The number of nitrogens with one attached hydrogen (secondary N) is 1. The molecule has 3 heteroatoms. The van der Waals surface area contributed by atoms with E-state index in [1.165, 1.54) is 12.0 Å². The minimum atomic E-state index is 0.647. The predicted octanol–water partition coefficient (Wildman–Crippen LogP) is 1.99. The summed E-state index contributed by atoms with van der Waals surface area (Å²) >= 11 is 0. The van der Waals surface area contributed by atoms with Gasteiger partial charge in [0.25, 0.3) is 0 Å². The van der Waals surface area contributed by atoms with Crippen molar-refractivity contribution in [1.82, 2.24) is 5.32 Å². The molecule has 2 rings (SSSR count). The summed E-state index contributed by atoms with van der Waals surface area (Å²) in [5.74, 6) is 0.661. The Kier molecular flexibility index (Phi) is 4.13. The van der Waals surface area contributed by atoms with Crippen LogP contribution in [0.4, 0.5) is 0 Å². The summed E-state index contributed by atoms with van der Waals surface area (Å²) in [6, 6.07) is 7.90. The predicted molar refractivity (Wildman–Crippen MR) is 66.5 cm³/mol. The zero-order valence-electron chi connectivity index (χ0n) is 10.2. The molecule has 1 aromatic carbocycles. The fourth-order valence-electron chi connectivity index (χ4n) is 2.12. The summed E-state index contributed by atoms with van der Waals surface area (Å²) in [4.78, 5) is 0. The molecule has 17 heavy (non-hydrogen) atoms. The van der Waals surface area contributed by atoms with Gasteiger partial charge in [-0.05, 0) is 49.1 Å². The highest BCUT2D eigenvalue weighted by atomic mass is 16.5. The molecule has 1 saturated heterocycles. The molecule has 1 aromatic rings. The zero-order chi connectivity index (χ0) is 12.1. The molecule has 90 valence electrons. The number of hydrogen-bond donors (Lipinski definition) is 1. The summed E-state index contributed by atoms with van der Waals surface area (Å²) in [6.07, 6.45) is 1.21. The van der Waals surface area contributed by atoms with Gasteiger partial charge in [-0.3, -0.25) is 0 Å². The van der Waals surface area contributed by atoms with Crippen molar-refractivity contribution in [3.8, 4) is 6.07 Å². The number of ether oxygens (including phenoxy) is 1. The van der Waals surface area contributed by atoms with Crippen molar-refractivity contribution in [3.63, 3.8) is 0 Å². The van der Waals surface area contributed by atoms with Gasteiger partial charge in [0.15, 0.2) is 0 Å². The van der Waals surface area contributed by atoms with Crippen molar-refractivity contribution < 1.29 is 4.74 Å². The SMILES string of the molecule is Cc1cc(C#N)ccc1COCC1CCNC1. The topological polar surface area (TPSA) is 45.0 Å². The van der Waals surface area contributed by atoms with Crippen molar-refractivity contribution in [3.05, 3.63) is 34.9 Å². The molecule has 0 radical (unpaired) electrons. The van der Waals surface area contributed by atoms with Crippen LogP contribution < -0.4 is 5.32 Å². The number of hydrogen-bond acceptors (Lipinski definition) is 3. The molecule has 1 N–H and O–H groups in total. The molecule has 0 aliphatic carbocycles. The van der Waals surface area contributed by atoms with Gasteiger partial charge in [0, 0.05) is 6.54 Å². The van der Waals surface area contributed by atoms with E-state index in [1.807, 2.05) is 25.1 Å². The molecular weight excluding hydrogens is 212 g/mol. The molecule has 1 aliphatic heterocycles. The van der Waals surface area contributed by atoms with Gasteiger partial charge in [-0.1, -0.05) is 6.07 Å². The van der Waals surface area contributed by atoms with Crippen LogP contribution in [0, 0.1) is 24.2 Å². The summed E-state index contributed by atoms with van der Waals surface area (Å²) in [5, 5.41) is 12.1. The van der Waals surface area contributed by atoms with Crippen molar-refractivity contribution >= 4 is 0 Å². The second kappa shape index (κ2) is 5.81. The first-order valence-electron chi connectivity index (χ1n) is 6.07. The van der Waals surface area contributed by atoms with Gasteiger partial charge < -0.3 is 10.1 Å². The first-order valence-corrected chi connectivity index (χ1v) is 6.07. The first kappa shape index (κ1) is 12.1. The lowest BCUT2D eigenvalue weighted by atomic mass is 10.1. The molecule has 0 spiro atoms. The fraction of sp³-hybridized carbons (Fsp3) is 0.500. The lowest BCUT2D eigenvalue weighted by Crippen LogP contribution is -2.13. The smallest absolute Gasteiger partial charge is 0.0991 e. The third-order valence-corrected chi connectivity index (χ3v) is 3.25. The molecular formula is C14H18N2O. The maximum atomic E-state index is 8.78. The lowest BCUT2D eigenvalue weighted by Gasteiger charge is -2.11. The Labute approximate surface area is 102 Å². The number of benzene rings is 1. The van der Waals surface area contributed by atoms with Gasteiger partial charge in [0.05, 0.1) is 24.8 Å². The molecule has 1 heterocycles. The highest BCUT2D eigenvalue weighted by Crippen LogP contribution is 2.13. The van der Waals surface area contributed by atoms with E-state index in [9.17, 15) is 0 Å². The van der Waals surface area contributed by atoms with Crippen LogP contribution in [0.1, 0.15) is 23.1 Å². The van der Waals surface area contributed by atoms with Crippen LogP contribution in [-0.4, -0.2) is 19.7 Å².